The topological polar surface area (TPSA) is 37.4 Å². The lowest BCUT2D eigenvalue weighted by Crippen LogP contribution is -2.32. The molecule has 0 fully saturated rings. The highest BCUT2D eigenvalue weighted by Crippen LogP contribution is 2.24. The van der Waals surface area contributed by atoms with E-state index in [-0.39, 0.29) is 9.72 Å². The van der Waals surface area contributed by atoms with Gasteiger partial charge in [0.25, 0.3) is 0 Å². The van der Waals surface area contributed by atoms with E-state index in [0.717, 1.165) is 0 Å². The standard InChI is InChI=1S/C12H17BrFNO2S/c1-8-5-11(14)6-9(2)12(8)18(16,17)15(4)7-10(3)13/h5-6,10H,7H2,1-4H3. The minimum atomic E-state index is -3.58. The molecule has 0 bridgehead atoms. The molecular formula is C12H17BrFNO2S. The third-order valence-corrected chi connectivity index (χ3v) is 5.02. The van der Waals surface area contributed by atoms with E-state index in [1.54, 1.807) is 13.8 Å². The van der Waals surface area contributed by atoms with Crippen molar-refractivity contribution in [3.05, 3.63) is 29.1 Å². The van der Waals surface area contributed by atoms with E-state index in [1.165, 1.54) is 23.5 Å². The fourth-order valence-corrected chi connectivity index (χ4v) is 4.20. The number of rotatable bonds is 4. The van der Waals surface area contributed by atoms with Crippen LogP contribution >= 0.6 is 15.9 Å². The van der Waals surface area contributed by atoms with Crippen molar-refractivity contribution in [3.63, 3.8) is 0 Å². The molecule has 6 heteroatoms. The zero-order valence-electron chi connectivity index (χ0n) is 10.9. The van der Waals surface area contributed by atoms with E-state index >= 15 is 0 Å². The van der Waals surface area contributed by atoms with Gasteiger partial charge in [0.05, 0.1) is 4.90 Å². The Morgan fingerprint density at radius 2 is 1.78 bits per heavy atom. The number of alkyl halides is 1. The molecule has 0 saturated carbocycles. The number of benzene rings is 1. The molecule has 18 heavy (non-hydrogen) atoms. The minimum Gasteiger partial charge on any atom is -0.207 e. The van der Waals surface area contributed by atoms with Gasteiger partial charge in [-0.3, -0.25) is 0 Å². The smallest absolute Gasteiger partial charge is 0.207 e. The molecule has 0 heterocycles. The first-order chi connectivity index (χ1) is 8.16. The maximum absolute atomic E-state index is 13.2. The quantitative estimate of drug-likeness (QED) is 0.792. The second-order valence-electron chi connectivity index (χ2n) is 4.44. The van der Waals surface area contributed by atoms with Crippen LogP contribution < -0.4 is 0 Å². The molecule has 0 aromatic heterocycles. The van der Waals surface area contributed by atoms with Gasteiger partial charge in [-0.25, -0.2) is 12.8 Å². The maximum atomic E-state index is 13.2. The minimum absolute atomic E-state index is 0.0540. The molecule has 0 aliphatic carbocycles. The summed E-state index contributed by atoms with van der Waals surface area (Å²) < 4.78 is 39.3. The normalized spacial score (nSPS) is 13.9. The van der Waals surface area contributed by atoms with Crippen molar-refractivity contribution in [2.24, 2.45) is 0 Å². The molecule has 1 atom stereocenters. The van der Waals surface area contributed by atoms with Gasteiger partial charge in [-0.2, -0.15) is 4.31 Å². The van der Waals surface area contributed by atoms with Crippen LogP contribution in [0.5, 0.6) is 0 Å². The highest BCUT2D eigenvalue weighted by atomic mass is 79.9. The van der Waals surface area contributed by atoms with Crippen LogP contribution in [0.2, 0.25) is 0 Å². The van der Waals surface area contributed by atoms with Crippen molar-refractivity contribution in [1.29, 1.82) is 0 Å². The summed E-state index contributed by atoms with van der Waals surface area (Å²) in [6, 6.07) is 2.48. The lowest BCUT2D eigenvalue weighted by Gasteiger charge is -2.21. The lowest BCUT2D eigenvalue weighted by molar-refractivity contribution is 0.472. The number of sulfonamides is 1. The first-order valence-electron chi connectivity index (χ1n) is 5.53. The SMILES string of the molecule is Cc1cc(F)cc(C)c1S(=O)(=O)N(C)CC(C)Br. The molecule has 1 rings (SSSR count). The first kappa shape index (κ1) is 15.6. The summed E-state index contributed by atoms with van der Waals surface area (Å²) in [6.07, 6.45) is 0. The average molecular weight is 338 g/mol. The zero-order chi connectivity index (χ0) is 14.1. The van der Waals surface area contributed by atoms with Gasteiger partial charge >= 0.3 is 0 Å². The Morgan fingerprint density at radius 3 is 2.17 bits per heavy atom. The van der Waals surface area contributed by atoms with Crippen LogP contribution in [0.3, 0.4) is 0 Å². The Hall–Kier alpha value is -0.460. The third kappa shape index (κ3) is 3.30. The van der Waals surface area contributed by atoms with Gasteiger partial charge in [0.2, 0.25) is 10.0 Å². The van der Waals surface area contributed by atoms with E-state index in [0.29, 0.717) is 17.7 Å². The molecule has 0 aliphatic heterocycles. The van der Waals surface area contributed by atoms with Gasteiger partial charge in [0.15, 0.2) is 0 Å². The molecule has 0 amide bonds. The second-order valence-corrected chi connectivity index (χ2v) is 7.98. The summed E-state index contributed by atoms with van der Waals surface area (Å²) in [5, 5.41) is 0. The largest absolute Gasteiger partial charge is 0.243 e. The number of hydrogen-bond acceptors (Lipinski definition) is 2. The van der Waals surface area contributed by atoms with Crippen LogP contribution in [0, 0.1) is 19.7 Å². The summed E-state index contributed by atoms with van der Waals surface area (Å²) in [6.45, 7) is 5.44. The van der Waals surface area contributed by atoms with Gasteiger partial charge in [0, 0.05) is 18.4 Å². The summed E-state index contributed by atoms with van der Waals surface area (Å²) >= 11 is 3.32. The predicted molar refractivity (Wildman–Crippen MR) is 74.1 cm³/mol. The summed E-state index contributed by atoms with van der Waals surface area (Å²) in [5.74, 6) is -0.416. The van der Waals surface area contributed by atoms with Gasteiger partial charge in [-0.15, -0.1) is 0 Å². The van der Waals surface area contributed by atoms with E-state index < -0.39 is 15.8 Å². The first-order valence-corrected chi connectivity index (χ1v) is 7.89. The van der Waals surface area contributed by atoms with Crippen molar-refractivity contribution in [1.82, 2.24) is 4.31 Å². The molecule has 1 unspecified atom stereocenters. The summed E-state index contributed by atoms with van der Waals surface area (Å²) in [7, 11) is -2.05. The Balaban J connectivity index is 3.29. The van der Waals surface area contributed by atoms with Crippen molar-refractivity contribution < 1.29 is 12.8 Å². The van der Waals surface area contributed by atoms with Gasteiger partial charge in [0.1, 0.15) is 5.82 Å². The Morgan fingerprint density at radius 1 is 1.33 bits per heavy atom. The molecular weight excluding hydrogens is 321 g/mol. The summed E-state index contributed by atoms with van der Waals surface area (Å²) in [4.78, 5) is 0.248. The third-order valence-electron chi connectivity index (χ3n) is 2.60. The van der Waals surface area contributed by atoms with Crippen LogP contribution in [0.25, 0.3) is 0 Å². The highest BCUT2D eigenvalue weighted by molar-refractivity contribution is 9.09. The molecule has 0 N–H and O–H groups in total. The van der Waals surface area contributed by atoms with Crippen LogP contribution in [-0.2, 0) is 10.0 Å². The Kier molecular flexibility index (Phi) is 4.91. The highest BCUT2D eigenvalue weighted by Gasteiger charge is 2.25. The molecule has 1 aromatic rings. The van der Waals surface area contributed by atoms with E-state index in [2.05, 4.69) is 15.9 Å². The monoisotopic (exact) mass is 337 g/mol. The van der Waals surface area contributed by atoms with Crippen molar-refractivity contribution in [2.75, 3.05) is 13.6 Å². The van der Waals surface area contributed by atoms with E-state index in [4.69, 9.17) is 0 Å². The van der Waals surface area contributed by atoms with Gasteiger partial charge in [-0.1, -0.05) is 22.9 Å². The molecule has 102 valence electrons. The van der Waals surface area contributed by atoms with Crippen molar-refractivity contribution >= 4 is 26.0 Å². The van der Waals surface area contributed by atoms with Gasteiger partial charge in [-0.05, 0) is 37.1 Å². The molecule has 3 nitrogen and oxygen atoms in total. The lowest BCUT2D eigenvalue weighted by atomic mass is 10.1. The summed E-state index contributed by atoms with van der Waals surface area (Å²) in [5.41, 5.74) is 0.864. The number of nitrogens with zero attached hydrogens (tertiary/aromatic N) is 1. The van der Waals surface area contributed by atoms with Crippen molar-refractivity contribution in [2.45, 2.75) is 30.5 Å². The van der Waals surface area contributed by atoms with E-state index in [9.17, 15) is 12.8 Å². The zero-order valence-corrected chi connectivity index (χ0v) is 13.3. The van der Waals surface area contributed by atoms with E-state index in [1.807, 2.05) is 6.92 Å². The number of aryl methyl sites for hydroxylation is 2. The van der Waals surface area contributed by atoms with Crippen LogP contribution in [0.1, 0.15) is 18.1 Å². The average Bonchev–Trinajstić information content (AvgIpc) is 2.13. The molecule has 0 saturated heterocycles. The molecule has 0 radical (unpaired) electrons. The number of halogens is 2. The second kappa shape index (κ2) is 5.67. The fraction of sp³-hybridized carbons (Fsp3) is 0.500. The molecule has 1 aromatic carbocycles. The Labute approximate surface area is 116 Å². The van der Waals surface area contributed by atoms with Gasteiger partial charge < -0.3 is 0 Å². The van der Waals surface area contributed by atoms with Crippen LogP contribution in [0.15, 0.2) is 17.0 Å². The fourth-order valence-electron chi connectivity index (χ4n) is 1.91. The number of hydrogen-bond donors (Lipinski definition) is 0. The Bertz CT molecular complexity index is 520. The maximum Gasteiger partial charge on any atom is 0.243 e. The predicted octanol–water partition coefficient (Wildman–Crippen LogP) is 2.85. The van der Waals surface area contributed by atoms with Crippen LogP contribution in [0.4, 0.5) is 4.39 Å². The molecule has 0 aliphatic rings. The molecule has 0 spiro atoms. The van der Waals surface area contributed by atoms with Crippen molar-refractivity contribution in [3.8, 4) is 0 Å². The van der Waals surface area contributed by atoms with Crippen LogP contribution in [-0.4, -0.2) is 31.1 Å².